The van der Waals surface area contributed by atoms with Crippen LogP contribution in [0.15, 0.2) is 0 Å². The quantitative estimate of drug-likeness (QED) is 0.734. The molecule has 2 aliphatic heterocycles. The summed E-state index contributed by atoms with van der Waals surface area (Å²) in [5.74, 6) is 0.991. The molecule has 1 spiro atoms. The fraction of sp³-hybridized carbons (Fsp3) is 1.00. The summed E-state index contributed by atoms with van der Waals surface area (Å²) in [4.78, 5) is 7.65. The van der Waals surface area contributed by atoms with Crippen LogP contribution in [-0.4, -0.2) is 74.6 Å². The standard InChI is InChI=1S/C15H29N3/c1-16-7-9-18(10-8-16)11-14-3-5-15(6-4-14)12-17(2)13-15/h14H,3-13H2,1-2H3. The molecule has 0 amide bonds. The normalized spacial score (nSPS) is 31.7. The van der Waals surface area contributed by atoms with E-state index in [0.29, 0.717) is 0 Å². The summed E-state index contributed by atoms with van der Waals surface area (Å²) >= 11 is 0. The Morgan fingerprint density at radius 1 is 0.889 bits per heavy atom. The molecule has 0 unspecified atom stereocenters. The highest BCUT2D eigenvalue weighted by Gasteiger charge is 2.43. The topological polar surface area (TPSA) is 9.72 Å². The van der Waals surface area contributed by atoms with E-state index >= 15 is 0 Å². The number of nitrogens with zero attached hydrogens (tertiary/aromatic N) is 3. The van der Waals surface area contributed by atoms with Crippen molar-refractivity contribution in [3.8, 4) is 0 Å². The molecule has 0 bridgehead atoms. The molecule has 0 aromatic rings. The number of hydrogen-bond donors (Lipinski definition) is 0. The molecule has 0 aromatic carbocycles. The molecule has 3 rings (SSSR count). The SMILES string of the molecule is CN1CCN(CC2CCC3(CC2)CN(C)C3)CC1. The molecular weight excluding hydrogens is 222 g/mol. The van der Waals surface area contributed by atoms with Crippen molar-refractivity contribution in [2.75, 3.05) is 59.9 Å². The summed E-state index contributed by atoms with van der Waals surface area (Å²) in [6.07, 6.45) is 5.96. The fourth-order valence-corrected chi connectivity index (χ4v) is 4.28. The van der Waals surface area contributed by atoms with Crippen LogP contribution in [0.2, 0.25) is 0 Å². The highest BCUT2D eigenvalue weighted by Crippen LogP contribution is 2.45. The Kier molecular flexibility index (Phi) is 3.65. The lowest BCUT2D eigenvalue weighted by atomic mass is 9.66. The molecule has 0 aromatic heterocycles. The zero-order valence-electron chi connectivity index (χ0n) is 12.2. The van der Waals surface area contributed by atoms with Crippen LogP contribution >= 0.6 is 0 Å². The molecule has 2 saturated heterocycles. The van der Waals surface area contributed by atoms with Crippen LogP contribution in [0.4, 0.5) is 0 Å². The highest BCUT2D eigenvalue weighted by molar-refractivity contribution is 4.96. The Balaban J connectivity index is 1.40. The maximum Gasteiger partial charge on any atom is 0.0110 e. The van der Waals surface area contributed by atoms with Crippen LogP contribution in [0.1, 0.15) is 25.7 Å². The van der Waals surface area contributed by atoms with Crippen LogP contribution < -0.4 is 0 Å². The Morgan fingerprint density at radius 3 is 2.06 bits per heavy atom. The predicted molar refractivity (Wildman–Crippen MR) is 75.8 cm³/mol. The Labute approximate surface area is 112 Å². The Hall–Kier alpha value is -0.120. The molecule has 3 fully saturated rings. The van der Waals surface area contributed by atoms with Gasteiger partial charge in [0.25, 0.3) is 0 Å². The molecule has 18 heavy (non-hydrogen) atoms. The lowest BCUT2D eigenvalue weighted by molar-refractivity contribution is -0.0260. The first-order valence-electron chi connectivity index (χ1n) is 7.75. The average molecular weight is 251 g/mol. The minimum atomic E-state index is 0.743. The van der Waals surface area contributed by atoms with Gasteiger partial charge in [0.05, 0.1) is 0 Å². The second-order valence-corrected chi connectivity index (χ2v) is 7.22. The molecule has 3 heteroatoms. The van der Waals surface area contributed by atoms with E-state index < -0.39 is 0 Å². The van der Waals surface area contributed by atoms with Gasteiger partial charge >= 0.3 is 0 Å². The zero-order valence-corrected chi connectivity index (χ0v) is 12.2. The zero-order chi connectivity index (χ0) is 12.6. The molecular formula is C15H29N3. The van der Waals surface area contributed by atoms with Crippen molar-refractivity contribution in [2.24, 2.45) is 11.3 Å². The van der Waals surface area contributed by atoms with Crippen molar-refractivity contribution in [2.45, 2.75) is 25.7 Å². The van der Waals surface area contributed by atoms with E-state index in [1.54, 1.807) is 0 Å². The van der Waals surface area contributed by atoms with Gasteiger partial charge < -0.3 is 14.7 Å². The second kappa shape index (κ2) is 5.10. The molecule has 0 N–H and O–H groups in total. The maximum atomic E-state index is 2.70. The van der Waals surface area contributed by atoms with Crippen molar-refractivity contribution in [1.29, 1.82) is 0 Å². The smallest absolute Gasteiger partial charge is 0.0110 e. The summed E-state index contributed by atoms with van der Waals surface area (Å²) in [6.45, 7) is 9.23. The molecule has 0 radical (unpaired) electrons. The average Bonchev–Trinajstić information content (AvgIpc) is 2.33. The van der Waals surface area contributed by atoms with Crippen molar-refractivity contribution in [1.82, 2.24) is 14.7 Å². The molecule has 0 atom stereocenters. The van der Waals surface area contributed by atoms with Crippen molar-refractivity contribution >= 4 is 0 Å². The van der Waals surface area contributed by atoms with Gasteiger partial charge in [-0.1, -0.05) is 0 Å². The summed E-state index contributed by atoms with van der Waals surface area (Å²) in [6, 6.07) is 0. The van der Waals surface area contributed by atoms with Gasteiger partial charge in [-0.25, -0.2) is 0 Å². The van der Waals surface area contributed by atoms with Gasteiger partial charge in [0, 0.05) is 45.8 Å². The predicted octanol–water partition coefficient (Wildman–Crippen LogP) is 1.36. The Morgan fingerprint density at radius 2 is 1.50 bits per heavy atom. The van der Waals surface area contributed by atoms with Gasteiger partial charge in [0.2, 0.25) is 0 Å². The minimum absolute atomic E-state index is 0.743. The van der Waals surface area contributed by atoms with Gasteiger partial charge in [0.15, 0.2) is 0 Å². The summed E-state index contributed by atoms with van der Waals surface area (Å²) in [5.41, 5.74) is 0.743. The lowest BCUT2D eigenvalue weighted by Crippen LogP contribution is -2.56. The summed E-state index contributed by atoms with van der Waals surface area (Å²) < 4.78 is 0. The largest absolute Gasteiger partial charge is 0.305 e. The minimum Gasteiger partial charge on any atom is -0.305 e. The third kappa shape index (κ3) is 2.73. The van der Waals surface area contributed by atoms with Crippen molar-refractivity contribution in [3.05, 3.63) is 0 Å². The van der Waals surface area contributed by atoms with Crippen molar-refractivity contribution in [3.63, 3.8) is 0 Å². The highest BCUT2D eigenvalue weighted by atomic mass is 15.2. The van der Waals surface area contributed by atoms with Gasteiger partial charge in [-0.2, -0.15) is 0 Å². The van der Waals surface area contributed by atoms with Crippen LogP contribution in [-0.2, 0) is 0 Å². The summed E-state index contributed by atoms with van der Waals surface area (Å²) in [7, 11) is 4.51. The van der Waals surface area contributed by atoms with Gasteiger partial charge in [0.1, 0.15) is 0 Å². The van der Waals surface area contributed by atoms with E-state index in [0.717, 1.165) is 11.3 Å². The first kappa shape index (κ1) is 12.9. The maximum absolute atomic E-state index is 2.70. The van der Waals surface area contributed by atoms with Gasteiger partial charge in [-0.3, -0.25) is 0 Å². The molecule has 3 nitrogen and oxygen atoms in total. The third-order valence-corrected chi connectivity index (χ3v) is 5.49. The van der Waals surface area contributed by atoms with E-state index in [-0.39, 0.29) is 0 Å². The van der Waals surface area contributed by atoms with Gasteiger partial charge in [-0.15, -0.1) is 0 Å². The lowest BCUT2D eigenvalue weighted by Gasteiger charge is -2.52. The van der Waals surface area contributed by atoms with Gasteiger partial charge in [-0.05, 0) is 51.1 Å². The first-order valence-corrected chi connectivity index (χ1v) is 7.75. The van der Waals surface area contributed by atoms with E-state index in [2.05, 4.69) is 28.8 Å². The number of rotatable bonds is 2. The summed E-state index contributed by atoms with van der Waals surface area (Å²) in [5, 5.41) is 0. The number of hydrogen-bond acceptors (Lipinski definition) is 3. The molecule has 1 saturated carbocycles. The van der Waals surface area contributed by atoms with Crippen LogP contribution in [0.3, 0.4) is 0 Å². The molecule has 2 heterocycles. The van der Waals surface area contributed by atoms with Crippen molar-refractivity contribution < 1.29 is 0 Å². The molecule has 3 aliphatic rings. The molecule has 1 aliphatic carbocycles. The monoisotopic (exact) mass is 251 g/mol. The molecule has 104 valence electrons. The van der Waals surface area contributed by atoms with E-state index in [9.17, 15) is 0 Å². The number of likely N-dealkylation sites (N-methyl/N-ethyl adjacent to an activating group) is 1. The van der Waals surface area contributed by atoms with Crippen LogP contribution in [0, 0.1) is 11.3 Å². The number of piperazine rings is 1. The van der Waals surface area contributed by atoms with E-state index in [1.165, 1.54) is 71.5 Å². The van der Waals surface area contributed by atoms with E-state index in [4.69, 9.17) is 0 Å². The van der Waals surface area contributed by atoms with E-state index in [1.807, 2.05) is 0 Å². The second-order valence-electron chi connectivity index (χ2n) is 7.22. The number of likely N-dealkylation sites (tertiary alicyclic amines) is 1. The van der Waals surface area contributed by atoms with Crippen LogP contribution in [0.25, 0.3) is 0 Å². The first-order chi connectivity index (χ1) is 8.65. The van der Waals surface area contributed by atoms with Crippen LogP contribution in [0.5, 0.6) is 0 Å². The Bertz CT molecular complexity index is 267. The third-order valence-electron chi connectivity index (χ3n) is 5.49. The fourth-order valence-electron chi connectivity index (χ4n) is 4.28.